The highest BCUT2D eigenvalue weighted by Crippen LogP contribution is 2.09. The van der Waals surface area contributed by atoms with E-state index in [4.69, 9.17) is 0 Å². The lowest BCUT2D eigenvalue weighted by Gasteiger charge is -1.90. The van der Waals surface area contributed by atoms with Gasteiger partial charge in [0.2, 0.25) is 0 Å². The average Bonchev–Trinajstić information content (AvgIpc) is 2.40. The smallest absolute Gasteiger partial charge is 0.137 e. The van der Waals surface area contributed by atoms with Gasteiger partial charge in [-0.25, -0.2) is 0 Å². The van der Waals surface area contributed by atoms with E-state index in [-0.39, 0.29) is 0 Å². The topological polar surface area (TPSA) is 17.1 Å². The summed E-state index contributed by atoms with van der Waals surface area (Å²) in [7, 11) is 0. The lowest BCUT2D eigenvalue weighted by Crippen LogP contribution is -1.97. The van der Waals surface area contributed by atoms with Crippen LogP contribution >= 0.6 is 11.3 Å². The monoisotopic (exact) mass is 154 g/mol. The molecule has 1 rings (SSSR count). The van der Waals surface area contributed by atoms with Crippen molar-refractivity contribution in [3.63, 3.8) is 0 Å². The molecule has 0 radical (unpaired) electrons. The predicted molar refractivity (Wildman–Crippen MR) is 43.3 cm³/mol. The third-order valence-electron chi connectivity index (χ3n) is 1.35. The van der Waals surface area contributed by atoms with Gasteiger partial charge in [0.25, 0.3) is 0 Å². The Morgan fingerprint density at radius 1 is 1.70 bits per heavy atom. The molecule has 54 valence electrons. The van der Waals surface area contributed by atoms with Crippen molar-refractivity contribution < 1.29 is 4.79 Å². The van der Waals surface area contributed by atoms with Crippen molar-refractivity contribution in [3.8, 4) is 0 Å². The molecule has 0 aliphatic heterocycles. The fourth-order valence-electron chi connectivity index (χ4n) is 0.732. The van der Waals surface area contributed by atoms with Crippen LogP contribution in [-0.4, -0.2) is 5.78 Å². The largest absolute Gasteiger partial charge is 0.299 e. The number of hydrogen-bond acceptors (Lipinski definition) is 2. The molecule has 0 saturated heterocycles. The number of carbonyl (C=O) groups is 1. The lowest BCUT2D eigenvalue weighted by molar-refractivity contribution is -0.118. The van der Waals surface area contributed by atoms with Gasteiger partial charge in [-0.1, -0.05) is 13.0 Å². The van der Waals surface area contributed by atoms with Gasteiger partial charge in [-0.2, -0.15) is 0 Å². The molecule has 0 spiro atoms. The Bertz CT molecular complexity index is 201. The maximum Gasteiger partial charge on any atom is 0.137 e. The third-order valence-corrected chi connectivity index (χ3v) is 2.22. The first-order chi connectivity index (χ1) is 4.83. The molecule has 2 heteroatoms. The summed E-state index contributed by atoms with van der Waals surface area (Å²) >= 11 is 1.65. The lowest BCUT2D eigenvalue weighted by atomic mass is 10.2. The van der Waals surface area contributed by atoms with E-state index in [2.05, 4.69) is 0 Å². The van der Waals surface area contributed by atoms with Gasteiger partial charge >= 0.3 is 0 Å². The van der Waals surface area contributed by atoms with Crippen LogP contribution in [0.3, 0.4) is 0 Å². The van der Waals surface area contributed by atoms with Crippen LogP contribution in [0, 0.1) is 0 Å². The molecule has 0 aliphatic carbocycles. The van der Waals surface area contributed by atoms with E-state index in [1.165, 1.54) is 4.88 Å². The molecule has 0 fully saturated rings. The van der Waals surface area contributed by atoms with Gasteiger partial charge in [-0.3, -0.25) is 4.79 Å². The third kappa shape index (κ3) is 1.95. The minimum atomic E-state index is 0.322. The molecular formula is C8H10OS. The number of hydrogen-bond donors (Lipinski definition) is 0. The van der Waals surface area contributed by atoms with Crippen LogP contribution in [-0.2, 0) is 11.2 Å². The fraction of sp³-hybridized carbons (Fsp3) is 0.375. The van der Waals surface area contributed by atoms with Crippen molar-refractivity contribution in [1.82, 2.24) is 0 Å². The van der Waals surface area contributed by atoms with Crippen molar-refractivity contribution in [2.24, 2.45) is 0 Å². The zero-order valence-corrected chi connectivity index (χ0v) is 6.78. The first-order valence-corrected chi connectivity index (χ1v) is 4.25. The standard InChI is InChI=1S/C8H10OS/c1-2-7(9)6-8-4-3-5-10-8/h3-5H,2,6H2,1H3. The first-order valence-electron chi connectivity index (χ1n) is 3.37. The Morgan fingerprint density at radius 3 is 3.00 bits per heavy atom. The minimum absolute atomic E-state index is 0.322. The highest BCUT2D eigenvalue weighted by Gasteiger charge is 1.99. The fourth-order valence-corrected chi connectivity index (χ4v) is 1.47. The number of ketones is 1. The van der Waals surface area contributed by atoms with E-state index in [1.807, 2.05) is 24.4 Å². The minimum Gasteiger partial charge on any atom is -0.299 e. The van der Waals surface area contributed by atoms with Gasteiger partial charge < -0.3 is 0 Å². The average molecular weight is 154 g/mol. The first kappa shape index (κ1) is 7.48. The Hall–Kier alpha value is -0.630. The van der Waals surface area contributed by atoms with Crippen molar-refractivity contribution in [3.05, 3.63) is 22.4 Å². The molecule has 1 nitrogen and oxygen atoms in total. The normalized spacial score (nSPS) is 9.70. The van der Waals surface area contributed by atoms with Crippen LogP contribution < -0.4 is 0 Å². The molecule has 0 aromatic carbocycles. The Morgan fingerprint density at radius 2 is 2.50 bits per heavy atom. The van der Waals surface area contributed by atoms with Gasteiger partial charge in [0.1, 0.15) is 5.78 Å². The summed E-state index contributed by atoms with van der Waals surface area (Å²) in [6.07, 6.45) is 1.27. The van der Waals surface area contributed by atoms with Crippen molar-refractivity contribution >= 4 is 17.1 Å². The maximum absolute atomic E-state index is 10.9. The van der Waals surface area contributed by atoms with Gasteiger partial charge in [0.05, 0.1) is 0 Å². The van der Waals surface area contributed by atoms with Crippen LogP contribution in [0.5, 0.6) is 0 Å². The molecule has 1 heterocycles. The molecule has 0 N–H and O–H groups in total. The number of rotatable bonds is 3. The van der Waals surface area contributed by atoms with Gasteiger partial charge in [0, 0.05) is 17.7 Å². The van der Waals surface area contributed by atoms with Crippen molar-refractivity contribution in [2.45, 2.75) is 19.8 Å². The van der Waals surface area contributed by atoms with Gasteiger partial charge in [-0.05, 0) is 11.4 Å². The van der Waals surface area contributed by atoms with E-state index in [0.29, 0.717) is 18.6 Å². The second-order valence-corrected chi connectivity index (χ2v) is 3.18. The van der Waals surface area contributed by atoms with E-state index in [0.717, 1.165) is 0 Å². The summed E-state index contributed by atoms with van der Waals surface area (Å²) in [6.45, 7) is 1.90. The van der Waals surface area contributed by atoms with E-state index >= 15 is 0 Å². The SMILES string of the molecule is CCC(=O)Cc1cccs1. The second kappa shape index (κ2) is 3.52. The number of thiophene rings is 1. The number of Topliss-reactive ketones (excluding diaryl/α,β-unsaturated/α-hetero) is 1. The second-order valence-electron chi connectivity index (χ2n) is 2.15. The summed E-state index contributed by atoms with van der Waals surface area (Å²) in [6, 6.07) is 3.97. The van der Waals surface area contributed by atoms with Crippen LogP contribution in [0.4, 0.5) is 0 Å². The molecule has 0 amide bonds. The van der Waals surface area contributed by atoms with Crippen molar-refractivity contribution in [1.29, 1.82) is 0 Å². The molecule has 0 aliphatic rings. The quantitative estimate of drug-likeness (QED) is 0.652. The summed E-state index contributed by atoms with van der Waals surface area (Å²) in [4.78, 5) is 12.1. The Balaban J connectivity index is 2.48. The zero-order chi connectivity index (χ0) is 7.40. The highest BCUT2D eigenvalue weighted by molar-refractivity contribution is 7.10. The molecule has 0 atom stereocenters. The number of carbonyl (C=O) groups excluding carboxylic acids is 1. The molecule has 0 bridgehead atoms. The summed E-state index contributed by atoms with van der Waals surface area (Å²) < 4.78 is 0. The van der Waals surface area contributed by atoms with Crippen LogP contribution in [0.2, 0.25) is 0 Å². The summed E-state index contributed by atoms with van der Waals surface area (Å²) in [5.74, 6) is 0.322. The molecular weight excluding hydrogens is 144 g/mol. The summed E-state index contributed by atoms with van der Waals surface area (Å²) in [5.41, 5.74) is 0. The van der Waals surface area contributed by atoms with E-state index in [1.54, 1.807) is 11.3 Å². The molecule has 0 saturated carbocycles. The predicted octanol–water partition coefficient (Wildman–Crippen LogP) is 2.27. The van der Waals surface area contributed by atoms with E-state index < -0.39 is 0 Å². The van der Waals surface area contributed by atoms with Gasteiger partial charge in [-0.15, -0.1) is 11.3 Å². The zero-order valence-electron chi connectivity index (χ0n) is 5.96. The summed E-state index contributed by atoms with van der Waals surface area (Å²) in [5, 5.41) is 2.00. The molecule has 1 aromatic heterocycles. The van der Waals surface area contributed by atoms with Crippen LogP contribution in [0.1, 0.15) is 18.2 Å². The Kier molecular flexibility index (Phi) is 2.63. The molecule has 10 heavy (non-hydrogen) atoms. The Labute approximate surface area is 64.7 Å². The maximum atomic E-state index is 10.9. The van der Waals surface area contributed by atoms with Crippen LogP contribution in [0.15, 0.2) is 17.5 Å². The van der Waals surface area contributed by atoms with Gasteiger partial charge in [0.15, 0.2) is 0 Å². The highest BCUT2D eigenvalue weighted by atomic mass is 32.1. The van der Waals surface area contributed by atoms with E-state index in [9.17, 15) is 4.79 Å². The van der Waals surface area contributed by atoms with Crippen LogP contribution in [0.25, 0.3) is 0 Å². The molecule has 1 aromatic rings. The molecule has 0 unspecified atom stereocenters. The van der Waals surface area contributed by atoms with Crippen molar-refractivity contribution in [2.75, 3.05) is 0 Å².